The highest BCUT2D eigenvalue weighted by Crippen LogP contribution is 2.21. The van der Waals surface area contributed by atoms with E-state index in [0.29, 0.717) is 6.42 Å². The summed E-state index contributed by atoms with van der Waals surface area (Å²) >= 11 is 0. The van der Waals surface area contributed by atoms with Crippen molar-refractivity contribution < 1.29 is 17.9 Å². The summed E-state index contributed by atoms with van der Waals surface area (Å²) in [5.41, 5.74) is 0. The van der Waals surface area contributed by atoms with Crippen molar-refractivity contribution in [1.29, 1.82) is 0 Å². The molecule has 4 unspecified atom stereocenters. The Morgan fingerprint density at radius 2 is 1.14 bits per heavy atom. The van der Waals surface area contributed by atoms with Gasteiger partial charge in [0.25, 0.3) is 0 Å². The molecule has 0 aliphatic carbocycles. The highest BCUT2D eigenvalue weighted by atomic mass is 32.2. The van der Waals surface area contributed by atoms with Crippen molar-refractivity contribution in [3.8, 4) is 0 Å². The molecule has 0 radical (unpaired) electrons. The second-order valence-electron chi connectivity index (χ2n) is 7.89. The van der Waals surface area contributed by atoms with Gasteiger partial charge < -0.3 is 4.74 Å². The van der Waals surface area contributed by atoms with Gasteiger partial charge in [-0.05, 0) is 32.1 Å². The van der Waals surface area contributed by atoms with E-state index in [1.165, 1.54) is 26.4 Å². The molecule has 0 fully saturated rings. The van der Waals surface area contributed by atoms with E-state index in [2.05, 4.69) is 11.7 Å². The lowest BCUT2D eigenvalue weighted by molar-refractivity contribution is -0.140. The van der Waals surface area contributed by atoms with Gasteiger partial charge in [0, 0.05) is 50.0 Å². The maximum absolute atomic E-state index is 12.5. The summed E-state index contributed by atoms with van der Waals surface area (Å²) in [6.07, 6.45) is 14.6. The van der Waals surface area contributed by atoms with Crippen LogP contribution in [0.25, 0.3) is 0 Å². The number of carbonyl (C=O) groups is 1. The molecule has 0 heterocycles. The molecule has 0 saturated carbocycles. The fourth-order valence-electron chi connectivity index (χ4n) is 3.73. The zero-order chi connectivity index (χ0) is 21.9. The van der Waals surface area contributed by atoms with Gasteiger partial charge in [-0.1, -0.05) is 72.1 Å². The van der Waals surface area contributed by atoms with E-state index in [1.54, 1.807) is 0 Å². The fraction of sp³-hybridized carbons (Fsp3) is 0.957. The van der Waals surface area contributed by atoms with Gasteiger partial charge in [0.2, 0.25) is 0 Å². The first-order valence-electron chi connectivity index (χ1n) is 11.8. The lowest BCUT2D eigenvalue weighted by Crippen LogP contribution is -2.23. The molecule has 0 bridgehead atoms. The Bertz CT molecular complexity index is 454. The maximum Gasteiger partial charge on any atom is 0.305 e. The molecule has 4 atom stereocenters. The summed E-state index contributed by atoms with van der Waals surface area (Å²) in [4.78, 5) is 11.1. The third kappa shape index (κ3) is 15.3. The van der Waals surface area contributed by atoms with E-state index in [9.17, 15) is 13.2 Å². The van der Waals surface area contributed by atoms with Gasteiger partial charge in [0.1, 0.15) is 0 Å². The van der Waals surface area contributed by atoms with Crippen LogP contribution in [0.1, 0.15) is 111 Å². The third-order valence-corrected chi connectivity index (χ3v) is 9.21. The van der Waals surface area contributed by atoms with Crippen LogP contribution in [-0.4, -0.2) is 43.5 Å². The molecule has 0 aromatic carbocycles. The van der Waals surface area contributed by atoms with Gasteiger partial charge in [0.15, 0.2) is 0 Å². The molecule has 0 rings (SSSR count). The second-order valence-corrected chi connectivity index (χ2v) is 11.9. The highest BCUT2D eigenvalue weighted by Gasteiger charge is 2.20. The van der Waals surface area contributed by atoms with Crippen LogP contribution < -0.4 is 0 Å². The van der Waals surface area contributed by atoms with Gasteiger partial charge in [-0.15, -0.1) is 0 Å². The molecular weight excluding hydrogens is 404 g/mol. The van der Waals surface area contributed by atoms with E-state index >= 15 is 0 Å². The quantitative estimate of drug-likeness (QED) is 0.171. The van der Waals surface area contributed by atoms with Crippen LogP contribution in [0.15, 0.2) is 0 Å². The average Bonchev–Trinajstić information content (AvgIpc) is 2.74. The van der Waals surface area contributed by atoms with Crippen LogP contribution in [-0.2, 0) is 31.1 Å². The molecule has 0 N–H and O–H groups in total. The van der Waals surface area contributed by atoms with E-state index in [-0.39, 0.29) is 16.5 Å². The Morgan fingerprint density at radius 1 is 0.690 bits per heavy atom. The summed E-state index contributed by atoms with van der Waals surface area (Å²) < 4.78 is 29.6. The Kier molecular flexibility index (Phi) is 19.6. The lowest BCUT2D eigenvalue weighted by Gasteiger charge is -2.20. The van der Waals surface area contributed by atoms with Crippen LogP contribution in [0.2, 0.25) is 0 Å². The number of rotatable bonds is 20. The Hall–Kier alpha value is -0.230. The van der Waals surface area contributed by atoms with Gasteiger partial charge in [0.05, 0.1) is 7.11 Å². The molecule has 0 aliphatic rings. The van der Waals surface area contributed by atoms with Gasteiger partial charge in [-0.3, -0.25) is 13.2 Å². The maximum atomic E-state index is 12.5. The molecule has 6 heteroatoms. The van der Waals surface area contributed by atoms with Crippen LogP contribution in [0.3, 0.4) is 0 Å². The monoisotopic (exact) mass is 450 g/mol. The number of unbranched alkanes of at least 4 members (excludes halogenated alkanes) is 7. The van der Waals surface area contributed by atoms with E-state index < -0.39 is 21.6 Å². The highest BCUT2D eigenvalue weighted by molar-refractivity contribution is 7.86. The molecule has 0 aromatic heterocycles. The van der Waals surface area contributed by atoms with Gasteiger partial charge in [-0.25, -0.2) is 0 Å². The van der Waals surface area contributed by atoms with Crippen molar-refractivity contribution in [1.82, 2.24) is 0 Å². The third-order valence-electron chi connectivity index (χ3n) is 5.64. The molecule has 0 aliphatic heterocycles. The molecular formula is C23H46O4S2. The minimum absolute atomic E-state index is 0.119. The molecule has 0 aromatic rings. The molecule has 29 heavy (non-hydrogen) atoms. The van der Waals surface area contributed by atoms with Crippen molar-refractivity contribution in [2.45, 2.75) is 121 Å². The summed E-state index contributed by atoms with van der Waals surface area (Å²) in [5, 5.41) is 0.527. The minimum Gasteiger partial charge on any atom is -0.469 e. The van der Waals surface area contributed by atoms with Crippen molar-refractivity contribution in [2.24, 2.45) is 0 Å². The normalized spacial score (nSPS) is 15.6. The predicted octanol–water partition coefficient (Wildman–Crippen LogP) is 5.92. The first-order chi connectivity index (χ1) is 14.0. The Balaban J connectivity index is 4.22. The molecule has 174 valence electrons. The van der Waals surface area contributed by atoms with Gasteiger partial charge in [-0.2, -0.15) is 0 Å². The second kappa shape index (κ2) is 19.7. The van der Waals surface area contributed by atoms with Crippen LogP contribution in [0, 0.1) is 0 Å². The summed E-state index contributed by atoms with van der Waals surface area (Å²) in [5.74, 6) is 1.33. The SMILES string of the molecule is CCCCCC(CCC(CCCCCCCCC(=O)OC)S(=O)CC)S(=O)CC. The minimum atomic E-state index is -0.771. The predicted molar refractivity (Wildman–Crippen MR) is 127 cm³/mol. The molecule has 0 saturated heterocycles. The number of hydrogen-bond acceptors (Lipinski definition) is 4. The number of esters is 1. The molecule has 4 nitrogen and oxygen atoms in total. The van der Waals surface area contributed by atoms with Crippen LogP contribution >= 0.6 is 0 Å². The van der Waals surface area contributed by atoms with Crippen molar-refractivity contribution in [2.75, 3.05) is 18.6 Å². The van der Waals surface area contributed by atoms with Gasteiger partial charge >= 0.3 is 5.97 Å². The zero-order valence-electron chi connectivity index (χ0n) is 19.4. The lowest BCUT2D eigenvalue weighted by atomic mass is 10.0. The van der Waals surface area contributed by atoms with Crippen LogP contribution in [0.4, 0.5) is 0 Å². The largest absolute Gasteiger partial charge is 0.469 e. The summed E-state index contributed by atoms with van der Waals surface area (Å²) in [6, 6.07) is 0. The fourth-order valence-corrected chi connectivity index (χ4v) is 6.33. The number of carbonyl (C=O) groups excluding carboxylic acids is 1. The molecule has 0 amide bonds. The van der Waals surface area contributed by atoms with E-state index in [0.717, 1.165) is 75.7 Å². The first-order valence-corrected chi connectivity index (χ1v) is 14.6. The average molecular weight is 451 g/mol. The van der Waals surface area contributed by atoms with E-state index in [4.69, 9.17) is 0 Å². The molecule has 0 spiro atoms. The smallest absolute Gasteiger partial charge is 0.305 e. The van der Waals surface area contributed by atoms with Crippen molar-refractivity contribution >= 4 is 27.6 Å². The topological polar surface area (TPSA) is 60.4 Å². The zero-order valence-corrected chi connectivity index (χ0v) is 21.1. The summed E-state index contributed by atoms with van der Waals surface area (Å²) in [7, 11) is -0.0820. The Morgan fingerprint density at radius 3 is 1.59 bits per heavy atom. The standard InChI is InChI=1S/C23H46O4S2/c1-5-8-13-16-21(28(25)6-2)19-20-22(29(26)7-3)17-14-11-9-10-12-15-18-23(24)27-4/h21-22H,5-20H2,1-4H3. The number of hydrogen-bond donors (Lipinski definition) is 0. The van der Waals surface area contributed by atoms with Crippen molar-refractivity contribution in [3.63, 3.8) is 0 Å². The Labute approximate surface area is 185 Å². The first kappa shape index (κ1) is 28.8. The number of ether oxygens (including phenoxy) is 1. The van der Waals surface area contributed by atoms with Crippen molar-refractivity contribution in [3.05, 3.63) is 0 Å². The number of methoxy groups -OCH3 is 1. The summed E-state index contributed by atoms with van der Waals surface area (Å²) in [6.45, 7) is 6.22. The van der Waals surface area contributed by atoms with E-state index in [1.807, 2.05) is 13.8 Å². The van der Waals surface area contributed by atoms with Crippen LogP contribution in [0.5, 0.6) is 0 Å².